The van der Waals surface area contributed by atoms with Gasteiger partial charge in [0.25, 0.3) is 0 Å². The molecule has 0 aliphatic heterocycles. The van der Waals surface area contributed by atoms with Crippen molar-refractivity contribution in [1.82, 2.24) is 9.97 Å². The molecule has 6 rings (SSSR count). The van der Waals surface area contributed by atoms with Crippen molar-refractivity contribution in [3.05, 3.63) is 96.3 Å². The van der Waals surface area contributed by atoms with Gasteiger partial charge in [-0.25, -0.2) is 0 Å². The van der Waals surface area contributed by atoms with Crippen LogP contribution < -0.4 is 0 Å². The zero-order chi connectivity index (χ0) is 19.6. The van der Waals surface area contributed by atoms with Gasteiger partial charge in [-0.1, -0.05) is 68.4 Å². The van der Waals surface area contributed by atoms with E-state index in [1.807, 2.05) is 12.4 Å². The van der Waals surface area contributed by atoms with Crippen molar-refractivity contribution in [2.45, 2.75) is 19.3 Å². The summed E-state index contributed by atoms with van der Waals surface area (Å²) in [5.74, 6) is 0. The molecule has 2 heteroatoms. The molecule has 0 saturated carbocycles. The van der Waals surface area contributed by atoms with Crippen LogP contribution in [0.15, 0.2) is 85.2 Å². The Morgan fingerprint density at radius 1 is 0.759 bits per heavy atom. The molecule has 138 valence electrons. The fraction of sp³-hybridized carbons (Fsp3) is 0.111. The van der Waals surface area contributed by atoms with Crippen LogP contribution in [0.2, 0.25) is 0 Å². The third kappa shape index (κ3) is 2.23. The van der Waals surface area contributed by atoms with Gasteiger partial charge in [0.1, 0.15) is 0 Å². The monoisotopic (exact) mass is 372 g/mol. The maximum Gasteiger partial charge on any atom is 0.0756 e. The molecule has 0 N–H and O–H groups in total. The van der Waals surface area contributed by atoms with Crippen LogP contribution >= 0.6 is 0 Å². The van der Waals surface area contributed by atoms with E-state index in [-0.39, 0.29) is 5.41 Å². The predicted octanol–water partition coefficient (Wildman–Crippen LogP) is 6.76. The Balaban J connectivity index is 1.74. The summed E-state index contributed by atoms with van der Waals surface area (Å²) in [5, 5.41) is 3.69. The molecule has 3 aromatic carbocycles. The lowest BCUT2D eigenvalue weighted by Crippen LogP contribution is -2.25. The van der Waals surface area contributed by atoms with Gasteiger partial charge in [0.2, 0.25) is 0 Å². The molecule has 2 nitrogen and oxygen atoms in total. The summed E-state index contributed by atoms with van der Waals surface area (Å²) in [6.07, 6.45) is 3.91. The van der Waals surface area contributed by atoms with Gasteiger partial charge >= 0.3 is 0 Å². The number of pyridine rings is 2. The molecule has 2 aromatic heterocycles. The Morgan fingerprint density at radius 3 is 2.48 bits per heavy atom. The van der Waals surface area contributed by atoms with Crippen LogP contribution in [0.25, 0.3) is 44.1 Å². The summed E-state index contributed by atoms with van der Waals surface area (Å²) in [6.45, 7) is 4.62. The van der Waals surface area contributed by atoms with Gasteiger partial charge in [-0.3, -0.25) is 9.97 Å². The van der Waals surface area contributed by atoms with E-state index < -0.39 is 0 Å². The molecule has 0 fully saturated rings. The van der Waals surface area contributed by atoms with Crippen LogP contribution in [-0.4, -0.2) is 9.97 Å². The van der Waals surface area contributed by atoms with Crippen molar-refractivity contribution >= 4 is 21.7 Å². The lowest BCUT2D eigenvalue weighted by atomic mass is 9.69. The second-order valence-corrected chi connectivity index (χ2v) is 8.33. The first-order valence-corrected chi connectivity index (χ1v) is 10.0. The van der Waals surface area contributed by atoms with Crippen LogP contribution in [0.3, 0.4) is 0 Å². The Labute approximate surface area is 169 Å². The molecule has 0 amide bonds. The van der Waals surface area contributed by atoms with Crippen molar-refractivity contribution in [1.29, 1.82) is 0 Å². The molecule has 0 saturated heterocycles. The van der Waals surface area contributed by atoms with E-state index in [9.17, 15) is 0 Å². The zero-order valence-electron chi connectivity index (χ0n) is 16.5. The summed E-state index contributed by atoms with van der Waals surface area (Å²) in [4.78, 5) is 9.55. The van der Waals surface area contributed by atoms with Gasteiger partial charge in [0.05, 0.1) is 11.2 Å². The molecular formula is C27H20N2. The van der Waals surface area contributed by atoms with E-state index in [0.29, 0.717) is 0 Å². The summed E-state index contributed by atoms with van der Waals surface area (Å²) in [7, 11) is 0. The summed E-state index contributed by atoms with van der Waals surface area (Å²) < 4.78 is 0. The number of nitrogens with zero attached hydrogens (tertiary/aromatic N) is 2. The zero-order valence-corrected chi connectivity index (χ0v) is 16.5. The quantitative estimate of drug-likeness (QED) is 0.325. The van der Waals surface area contributed by atoms with Gasteiger partial charge in [-0.15, -0.1) is 0 Å². The van der Waals surface area contributed by atoms with Gasteiger partial charge in [-0.05, 0) is 45.8 Å². The Bertz CT molecular complexity index is 1410. The number of benzene rings is 3. The van der Waals surface area contributed by atoms with Crippen molar-refractivity contribution in [3.8, 4) is 22.4 Å². The van der Waals surface area contributed by atoms with E-state index in [1.165, 1.54) is 44.0 Å². The molecule has 0 spiro atoms. The maximum atomic E-state index is 4.94. The van der Waals surface area contributed by atoms with Crippen LogP contribution in [0.1, 0.15) is 25.0 Å². The van der Waals surface area contributed by atoms with E-state index in [4.69, 9.17) is 4.98 Å². The SMILES string of the molecule is CC1(C)c2c(ncc3ccc(-c4ccccc4)cc23)-c2ccnc3cccc1c23. The summed E-state index contributed by atoms with van der Waals surface area (Å²) >= 11 is 0. The highest BCUT2D eigenvalue weighted by Gasteiger charge is 2.35. The highest BCUT2D eigenvalue weighted by atomic mass is 14.7. The molecular weight excluding hydrogens is 352 g/mol. The third-order valence-corrected chi connectivity index (χ3v) is 6.32. The number of hydrogen-bond acceptors (Lipinski definition) is 2. The molecule has 0 radical (unpaired) electrons. The molecule has 1 aliphatic rings. The van der Waals surface area contributed by atoms with Crippen molar-refractivity contribution in [3.63, 3.8) is 0 Å². The number of rotatable bonds is 1. The molecule has 0 unspecified atom stereocenters. The first kappa shape index (κ1) is 16.4. The van der Waals surface area contributed by atoms with Gasteiger partial charge in [0, 0.05) is 34.1 Å². The number of fused-ring (bicyclic) bond motifs is 4. The van der Waals surface area contributed by atoms with Crippen LogP contribution in [-0.2, 0) is 5.41 Å². The standard InChI is InChI=1S/C27H20N2/c1-27(2)22-9-6-10-23-24(22)20(13-14-28-23)26-25(27)21-15-18(11-12-19(21)16-29-26)17-7-4-3-5-8-17/h3-16H,1-2H3. The Hall–Kier alpha value is -3.52. The molecule has 0 bridgehead atoms. The maximum absolute atomic E-state index is 4.94. The Kier molecular flexibility index (Phi) is 3.25. The van der Waals surface area contributed by atoms with Gasteiger partial charge in [0.15, 0.2) is 0 Å². The lowest BCUT2D eigenvalue weighted by molar-refractivity contribution is 0.648. The second kappa shape index (κ2) is 5.74. The number of aromatic nitrogens is 2. The minimum atomic E-state index is -0.160. The summed E-state index contributed by atoms with van der Waals surface area (Å²) in [6, 6.07) is 25.9. The normalized spacial score (nSPS) is 14.1. The third-order valence-electron chi connectivity index (χ3n) is 6.32. The fourth-order valence-electron chi connectivity index (χ4n) is 4.92. The molecule has 1 aliphatic carbocycles. The first-order chi connectivity index (χ1) is 14.1. The minimum absolute atomic E-state index is 0.160. The van der Waals surface area contributed by atoms with Crippen molar-refractivity contribution < 1.29 is 0 Å². The lowest BCUT2D eigenvalue weighted by Gasteiger charge is -2.35. The largest absolute Gasteiger partial charge is 0.256 e. The average molecular weight is 372 g/mol. The van der Waals surface area contributed by atoms with E-state index in [2.05, 4.69) is 91.6 Å². The Morgan fingerprint density at radius 2 is 1.62 bits per heavy atom. The van der Waals surface area contributed by atoms with Crippen LogP contribution in [0.4, 0.5) is 0 Å². The topological polar surface area (TPSA) is 25.8 Å². The van der Waals surface area contributed by atoms with Crippen molar-refractivity contribution in [2.24, 2.45) is 0 Å². The van der Waals surface area contributed by atoms with E-state index >= 15 is 0 Å². The van der Waals surface area contributed by atoms with E-state index in [1.54, 1.807) is 0 Å². The fourth-order valence-corrected chi connectivity index (χ4v) is 4.92. The van der Waals surface area contributed by atoms with Crippen LogP contribution in [0.5, 0.6) is 0 Å². The minimum Gasteiger partial charge on any atom is -0.256 e. The second-order valence-electron chi connectivity index (χ2n) is 8.33. The molecule has 2 heterocycles. The smallest absolute Gasteiger partial charge is 0.0756 e. The van der Waals surface area contributed by atoms with Crippen molar-refractivity contribution in [2.75, 3.05) is 0 Å². The molecule has 29 heavy (non-hydrogen) atoms. The average Bonchev–Trinajstić information content (AvgIpc) is 2.77. The predicted molar refractivity (Wildman–Crippen MR) is 120 cm³/mol. The highest BCUT2D eigenvalue weighted by Crippen LogP contribution is 2.49. The first-order valence-electron chi connectivity index (χ1n) is 10.0. The highest BCUT2D eigenvalue weighted by molar-refractivity contribution is 6.05. The molecule has 5 aromatic rings. The van der Waals surface area contributed by atoms with Gasteiger partial charge in [-0.2, -0.15) is 0 Å². The number of hydrogen-bond donors (Lipinski definition) is 0. The molecule has 0 atom stereocenters. The summed E-state index contributed by atoms with van der Waals surface area (Å²) in [5.41, 5.74) is 8.25. The van der Waals surface area contributed by atoms with Crippen LogP contribution in [0, 0.1) is 0 Å². The van der Waals surface area contributed by atoms with E-state index in [0.717, 1.165) is 11.2 Å². The van der Waals surface area contributed by atoms with Gasteiger partial charge < -0.3 is 0 Å².